The van der Waals surface area contributed by atoms with Crippen LogP contribution in [0.5, 0.6) is 0 Å². The first-order chi connectivity index (χ1) is 8.18. The van der Waals surface area contributed by atoms with Crippen molar-refractivity contribution in [2.75, 3.05) is 13.2 Å². The molecule has 2 fully saturated rings. The lowest BCUT2D eigenvalue weighted by Gasteiger charge is -2.44. The zero-order chi connectivity index (χ0) is 12.3. The molecule has 0 aromatic carbocycles. The molecular weight excluding hydrogens is 214 g/mol. The Morgan fingerprint density at radius 3 is 2.88 bits per heavy atom. The van der Waals surface area contributed by atoms with E-state index in [-0.39, 0.29) is 0 Å². The molecule has 98 valence electrons. The molecule has 2 rings (SSSR count). The van der Waals surface area contributed by atoms with Crippen molar-refractivity contribution in [3.63, 3.8) is 0 Å². The molecule has 2 atom stereocenters. The molecule has 17 heavy (non-hydrogen) atoms. The molecule has 1 saturated carbocycles. The van der Waals surface area contributed by atoms with Crippen LogP contribution < -0.4 is 0 Å². The normalized spacial score (nSPS) is 29.2. The molecule has 3 nitrogen and oxygen atoms in total. The lowest BCUT2D eigenvalue weighted by Crippen LogP contribution is -2.54. The highest BCUT2D eigenvalue weighted by Crippen LogP contribution is 2.29. The van der Waals surface area contributed by atoms with Crippen LogP contribution in [0.3, 0.4) is 0 Å². The number of nitrogens with zero attached hydrogens (tertiary/aromatic N) is 1. The molecule has 2 unspecified atom stereocenters. The van der Waals surface area contributed by atoms with Gasteiger partial charge in [-0.1, -0.05) is 26.7 Å². The van der Waals surface area contributed by atoms with E-state index in [1.165, 1.54) is 12.8 Å². The van der Waals surface area contributed by atoms with Gasteiger partial charge in [0.15, 0.2) is 0 Å². The zero-order valence-corrected chi connectivity index (χ0v) is 11.2. The summed E-state index contributed by atoms with van der Waals surface area (Å²) in [7, 11) is 0. The van der Waals surface area contributed by atoms with Gasteiger partial charge in [0.05, 0.1) is 18.8 Å². The van der Waals surface area contributed by atoms with Crippen LogP contribution in [0.15, 0.2) is 0 Å². The van der Waals surface area contributed by atoms with Gasteiger partial charge in [-0.25, -0.2) is 0 Å². The van der Waals surface area contributed by atoms with E-state index in [0.717, 1.165) is 32.4 Å². The van der Waals surface area contributed by atoms with Crippen molar-refractivity contribution in [2.24, 2.45) is 5.92 Å². The highest BCUT2D eigenvalue weighted by atomic mass is 16.5. The van der Waals surface area contributed by atoms with E-state index in [2.05, 4.69) is 18.7 Å². The Morgan fingerprint density at radius 1 is 1.35 bits per heavy atom. The molecule has 1 saturated heterocycles. The van der Waals surface area contributed by atoms with Gasteiger partial charge >= 0.3 is 0 Å². The number of morpholine rings is 1. The van der Waals surface area contributed by atoms with Crippen molar-refractivity contribution in [3.05, 3.63) is 0 Å². The number of carbonyl (C=O) groups is 1. The Labute approximate surface area is 105 Å². The van der Waals surface area contributed by atoms with Crippen LogP contribution in [0.1, 0.15) is 52.4 Å². The van der Waals surface area contributed by atoms with E-state index in [0.29, 0.717) is 30.4 Å². The second-order valence-corrected chi connectivity index (χ2v) is 5.78. The number of rotatable bonds is 3. The van der Waals surface area contributed by atoms with Gasteiger partial charge in [0.2, 0.25) is 5.91 Å². The average molecular weight is 239 g/mol. The van der Waals surface area contributed by atoms with Gasteiger partial charge in [-0.15, -0.1) is 0 Å². The zero-order valence-electron chi connectivity index (χ0n) is 11.2. The number of fused-ring (bicyclic) bond motifs is 1. The molecule has 2 aliphatic rings. The first kappa shape index (κ1) is 12.9. The summed E-state index contributed by atoms with van der Waals surface area (Å²) in [6.07, 6.45) is 6.82. The smallest absolute Gasteiger partial charge is 0.222 e. The minimum Gasteiger partial charge on any atom is -0.374 e. The third-order valence-corrected chi connectivity index (χ3v) is 3.99. The van der Waals surface area contributed by atoms with E-state index in [1.54, 1.807) is 0 Å². The number of hydrogen-bond acceptors (Lipinski definition) is 2. The molecule has 3 heteroatoms. The molecule has 0 aromatic heterocycles. The number of amides is 1. The largest absolute Gasteiger partial charge is 0.374 e. The van der Waals surface area contributed by atoms with E-state index in [9.17, 15) is 4.79 Å². The molecule has 0 bridgehead atoms. The Kier molecular flexibility index (Phi) is 4.43. The predicted octanol–water partition coefficient (Wildman–Crippen LogP) is 2.59. The minimum atomic E-state index is 0.320. The Bertz CT molecular complexity index is 263. The minimum absolute atomic E-state index is 0.320. The van der Waals surface area contributed by atoms with Crippen LogP contribution in [-0.2, 0) is 9.53 Å². The summed E-state index contributed by atoms with van der Waals surface area (Å²) in [5.41, 5.74) is 0. The molecule has 1 heterocycles. The lowest BCUT2D eigenvalue weighted by atomic mass is 9.89. The van der Waals surface area contributed by atoms with Gasteiger partial charge in [0.25, 0.3) is 0 Å². The van der Waals surface area contributed by atoms with Crippen molar-refractivity contribution in [1.82, 2.24) is 4.90 Å². The summed E-state index contributed by atoms with van der Waals surface area (Å²) in [5, 5.41) is 0. The van der Waals surface area contributed by atoms with E-state index in [4.69, 9.17) is 4.74 Å². The van der Waals surface area contributed by atoms with Crippen molar-refractivity contribution in [2.45, 2.75) is 64.5 Å². The topological polar surface area (TPSA) is 29.5 Å². The van der Waals surface area contributed by atoms with Crippen molar-refractivity contribution >= 4 is 5.91 Å². The molecule has 1 amide bonds. The monoisotopic (exact) mass is 239 g/mol. The average Bonchev–Trinajstić information content (AvgIpc) is 2.35. The summed E-state index contributed by atoms with van der Waals surface area (Å²) >= 11 is 0. The fourth-order valence-corrected chi connectivity index (χ4v) is 2.96. The highest BCUT2D eigenvalue weighted by Gasteiger charge is 2.36. The maximum Gasteiger partial charge on any atom is 0.222 e. The number of hydrogen-bond donors (Lipinski definition) is 0. The van der Waals surface area contributed by atoms with Crippen LogP contribution in [0.25, 0.3) is 0 Å². The molecular formula is C14H25NO2. The summed E-state index contributed by atoms with van der Waals surface area (Å²) in [6.45, 7) is 5.89. The summed E-state index contributed by atoms with van der Waals surface area (Å²) in [5.74, 6) is 0.959. The first-order valence-electron chi connectivity index (χ1n) is 7.09. The fraction of sp³-hybridized carbons (Fsp3) is 0.929. The van der Waals surface area contributed by atoms with E-state index < -0.39 is 0 Å². The second-order valence-electron chi connectivity index (χ2n) is 5.78. The lowest BCUT2D eigenvalue weighted by molar-refractivity contribution is -0.149. The Balaban J connectivity index is 1.91. The maximum atomic E-state index is 12.2. The van der Waals surface area contributed by atoms with Crippen molar-refractivity contribution < 1.29 is 9.53 Å². The van der Waals surface area contributed by atoms with Gasteiger partial charge in [0.1, 0.15) is 0 Å². The van der Waals surface area contributed by atoms with Gasteiger partial charge in [-0.05, 0) is 25.2 Å². The highest BCUT2D eigenvalue weighted by molar-refractivity contribution is 5.76. The van der Waals surface area contributed by atoms with Crippen LogP contribution in [0.4, 0.5) is 0 Å². The van der Waals surface area contributed by atoms with Gasteiger partial charge in [-0.3, -0.25) is 4.79 Å². The van der Waals surface area contributed by atoms with Crippen molar-refractivity contribution in [3.8, 4) is 0 Å². The Hall–Kier alpha value is -0.570. The van der Waals surface area contributed by atoms with Gasteiger partial charge in [-0.2, -0.15) is 0 Å². The van der Waals surface area contributed by atoms with E-state index >= 15 is 0 Å². The summed E-state index contributed by atoms with van der Waals surface area (Å²) < 4.78 is 5.79. The van der Waals surface area contributed by atoms with Crippen LogP contribution in [0.2, 0.25) is 0 Å². The molecule has 1 aliphatic carbocycles. The third kappa shape index (κ3) is 3.21. The van der Waals surface area contributed by atoms with Crippen molar-refractivity contribution in [1.29, 1.82) is 0 Å². The summed E-state index contributed by atoms with van der Waals surface area (Å²) in [4.78, 5) is 14.3. The Morgan fingerprint density at radius 2 is 2.12 bits per heavy atom. The molecule has 1 aliphatic heterocycles. The van der Waals surface area contributed by atoms with E-state index in [1.807, 2.05) is 0 Å². The third-order valence-electron chi connectivity index (χ3n) is 3.99. The molecule has 0 aromatic rings. The second kappa shape index (κ2) is 5.85. The SMILES string of the molecule is CC(C)CCC(=O)N1CCOC2CCCCC21. The van der Waals surface area contributed by atoms with Crippen LogP contribution in [-0.4, -0.2) is 36.1 Å². The number of ether oxygens (including phenoxy) is 1. The van der Waals surface area contributed by atoms with Crippen LogP contribution in [0, 0.1) is 5.92 Å². The first-order valence-corrected chi connectivity index (χ1v) is 7.09. The summed E-state index contributed by atoms with van der Waals surface area (Å²) in [6, 6.07) is 0.372. The van der Waals surface area contributed by atoms with Gasteiger partial charge in [0, 0.05) is 13.0 Å². The van der Waals surface area contributed by atoms with Crippen LogP contribution >= 0.6 is 0 Å². The standard InChI is InChI=1S/C14H25NO2/c1-11(2)7-8-14(16)15-9-10-17-13-6-4-3-5-12(13)15/h11-13H,3-10H2,1-2H3. The number of carbonyl (C=O) groups excluding carboxylic acids is 1. The molecule has 0 spiro atoms. The van der Waals surface area contributed by atoms with Gasteiger partial charge < -0.3 is 9.64 Å². The predicted molar refractivity (Wildman–Crippen MR) is 67.8 cm³/mol. The molecule has 0 radical (unpaired) electrons. The maximum absolute atomic E-state index is 12.2. The molecule has 0 N–H and O–H groups in total. The quantitative estimate of drug-likeness (QED) is 0.757. The fourth-order valence-electron chi connectivity index (χ4n) is 2.96.